The second-order valence-electron chi connectivity index (χ2n) is 6.53. The minimum atomic E-state index is -0.0966. The Morgan fingerprint density at radius 2 is 1.70 bits per heavy atom. The second kappa shape index (κ2) is 5.54. The summed E-state index contributed by atoms with van der Waals surface area (Å²) >= 11 is 0. The number of nitrogens with two attached hydrogens (primary N) is 1. The van der Waals surface area contributed by atoms with Crippen LogP contribution in [0.5, 0.6) is 0 Å². The van der Waals surface area contributed by atoms with E-state index in [2.05, 4.69) is 48.0 Å². The van der Waals surface area contributed by atoms with Crippen molar-refractivity contribution in [1.82, 2.24) is 14.9 Å². The van der Waals surface area contributed by atoms with Gasteiger partial charge in [0.25, 0.3) is 0 Å². The summed E-state index contributed by atoms with van der Waals surface area (Å²) in [4.78, 5) is 14.0. The standard InChI is InChI=1S/C14H26N6/c1-10-11(18-15)16-13(14(2,3)4)17-12(10)20-8-6-19(5)7-9-20/h6-9,15H2,1-5H3,(H,16,17,18). The van der Waals surface area contributed by atoms with E-state index in [9.17, 15) is 0 Å². The molecule has 3 N–H and O–H groups in total. The number of hydrogen-bond acceptors (Lipinski definition) is 6. The zero-order chi connectivity index (χ0) is 14.9. The van der Waals surface area contributed by atoms with Gasteiger partial charge >= 0.3 is 0 Å². The molecule has 1 aliphatic heterocycles. The Morgan fingerprint density at radius 3 is 2.20 bits per heavy atom. The van der Waals surface area contributed by atoms with Crippen LogP contribution in [0.2, 0.25) is 0 Å². The first-order valence-electron chi connectivity index (χ1n) is 7.12. The molecule has 2 heterocycles. The molecule has 1 fully saturated rings. The first-order valence-corrected chi connectivity index (χ1v) is 7.12. The molecule has 0 unspecified atom stereocenters. The van der Waals surface area contributed by atoms with Crippen LogP contribution in [0.1, 0.15) is 32.2 Å². The van der Waals surface area contributed by atoms with Gasteiger partial charge in [-0.3, -0.25) is 0 Å². The van der Waals surface area contributed by atoms with Gasteiger partial charge in [-0.15, -0.1) is 0 Å². The molecule has 0 atom stereocenters. The van der Waals surface area contributed by atoms with E-state index in [4.69, 9.17) is 10.8 Å². The van der Waals surface area contributed by atoms with E-state index in [1.54, 1.807) is 0 Å². The van der Waals surface area contributed by atoms with Crippen LogP contribution in [0.15, 0.2) is 0 Å². The normalized spacial score (nSPS) is 17.4. The number of likely N-dealkylation sites (N-methyl/N-ethyl adjacent to an activating group) is 1. The maximum Gasteiger partial charge on any atom is 0.148 e. The van der Waals surface area contributed by atoms with Gasteiger partial charge < -0.3 is 15.2 Å². The van der Waals surface area contributed by atoms with Crippen molar-refractivity contribution in [3.05, 3.63) is 11.4 Å². The summed E-state index contributed by atoms with van der Waals surface area (Å²) in [6.45, 7) is 12.5. The minimum absolute atomic E-state index is 0.0966. The summed E-state index contributed by atoms with van der Waals surface area (Å²) in [5.74, 6) is 8.17. The van der Waals surface area contributed by atoms with E-state index >= 15 is 0 Å². The topological polar surface area (TPSA) is 70.3 Å². The SMILES string of the molecule is Cc1c(NN)nc(C(C)(C)C)nc1N1CCN(C)CC1. The van der Waals surface area contributed by atoms with Crippen LogP contribution in [-0.4, -0.2) is 48.1 Å². The lowest BCUT2D eigenvalue weighted by molar-refractivity contribution is 0.311. The summed E-state index contributed by atoms with van der Waals surface area (Å²) in [5.41, 5.74) is 3.63. The maximum atomic E-state index is 5.62. The quantitative estimate of drug-likeness (QED) is 0.624. The van der Waals surface area contributed by atoms with Gasteiger partial charge in [0, 0.05) is 37.2 Å². The lowest BCUT2D eigenvalue weighted by atomic mass is 9.95. The average Bonchev–Trinajstić information content (AvgIpc) is 2.39. The highest BCUT2D eigenvalue weighted by Gasteiger charge is 2.24. The summed E-state index contributed by atoms with van der Waals surface area (Å²) in [5, 5.41) is 0. The second-order valence-corrected chi connectivity index (χ2v) is 6.53. The molecule has 0 aliphatic carbocycles. The molecule has 2 rings (SSSR count). The molecular weight excluding hydrogens is 252 g/mol. The molecule has 1 aliphatic rings. The van der Waals surface area contributed by atoms with Crippen LogP contribution in [0, 0.1) is 6.92 Å². The summed E-state index contributed by atoms with van der Waals surface area (Å²) in [6.07, 6.45) is 0. The van der Waals surface area contributed by atoms with Crippen LogP contribution in [0.25, 0.3) is 0 Å². The fourth-order valence-corrected chi connectivity index (χ4v) is 2.31. The third kappa shape index (κ3) is 3.02. The summed E-state index contributed by atoms with van der Waals surface area (Å²) in [7, 11) is 2.15. The van der Waals surface area contributed by atoms with E-state index in [0.29, 0.717) is 0 Å². The third-order valence-corrected chi connectivity index (χ3v) is 3.73. The monoisotopic (exact) mass is 278 g/mol. The van der Waals surface area contributed by atoms with Gasteiger partial charge in [0.15, 0.2) is 0 Å². The fraction of sp³-hybridized carbons (Fsp3) is 0.714. The van der Waals surface area contributed by atoms with Crippen molar-refractivity contribution < 1.29 is 0 Å². The Kier molecular flexibility index (Phi) is 4.15. The van der Waals surface area contributed by atoms with Crippen molar-refractivity contribution in [3.8, 4) is 0 Å². The molecule has 0 radical (unpaired) electrons. The number of nitrogens with one attached hydrogen (secondary N) is 1. The van der Waals surface area contributed by atoms with Gasteiger partial charge in [-0.05, 0) is 14.0 Å². The molecule has 1 aromatic rings. The maximum absolute atomic E-state index is 5.62. The molecule has 6 heteroatoms. The first-order chi connectivity index (χ1) is 9.32. The molecule has 1 aromatic heterocycles. The predicted molar refractivity (Wildman–Crippen MR) is 83.0 cm³/mol. The van der Waals surface area contributed by atoms with Crippen LogP contribution in [0.4, 0.5) is 11.6 Å². The number of rotatable bonds is 2. The molecular formula is C14H26N6. The largest absolute Gasteiger partial charge is 0.354 e. The molecule has 1 saturated heterocycles. The van der Waals surface area contributed by atoms with Gasteiger partial charge in [0.05, 0.1) is 0 Å². The van der Waals surface area contributed by atoms with Crippen LogP contribution in [0.3, 0.4) is 0 Å². The highest BCUT2D eigenvalue weighted by atomic mass is 15.3. The number of hydrogen-bond donors (Lipinski definition) is 2. The van der Waals surface area contributed by atoms with Gasteiger partial charge in [0.1, 0.15) is 17.5 Å². The molecule has 0 spiro atoms. The fourth-order valence-electron chi connectivity index (χ4n) is 2.31. The lowest BCUT2D eigenvalue weighted by Crippen LogP contribution is -2.45. The summed E-state index contributed by atoms with van der Waals surface area (Å²) in [6, 6.07) is 0. The molecule has 0 bridgehead atoms. The minimum Gasteiger partial charge on any atom is -0.354 e. The van der Waals surface area contributed by atoms with Gasteiger partial charge in [-0.2, -0.15) is 0 Å². The molecule has 0 aromatic carbocycles. The van der Waals surface area contributed by atoms with Crippen molar-refractivity contribution in [3.63, 3.8) is 0 Å². The number of aromatic nitrogens is 2. The van der Waals surface area contributed by atoms with E-state index < -0.39 is 0 Å². The molecule has 20 heavy (non-hydrogen) atoms. The number of anilines is 2. The lowest BCUT2D eigenvalue weighted by Gasteiger charge is -2.35. The molecule has 6 nitrogen and oxygen atoms in total. The van der Waals surface area contributed by atoms with Crippen molar-refractivity contribution in [1.29, 1.82) is 0 Å². The highest BCUT2D eigenvalue weighted by molar-refractivity contribution is 5.58. The van der Waals surface area contributed by atoms with Crippen molar-refractivity contribution in [2.24, 2.45) is 5.84 Å². The summed E-state index contributed by atoms with van der Waals surface area (Å²) < 4.78 is 0. The van der Waals surface area contributed by atoms with Crippen molar-refractivity contribution in [2.75, 3.05) is 43.6 Å². The smallest absolute Gasteiger partial charge is 0.148 e. The Hall–Kier alpha value is -1.40. The molecule has 0 saturated carbocycles. The Morgan fingerprint density at radius 1 is 1.10 bits per heavy atom. The van der Waals surface area contributed by atoms with Gasteiger partial charge in [-0.25, -0.2) is 15.8 Å². The number of hydrazine groups is 1. The third-order valence-electron chi connectivity index (χ3n) is 3.73. The van der Waals surface area contributed by atoms with E-state index in [0.717, 1.165) is 49.2 Å². The van der Waals surface area contributed by atoms with Crippen LogP contribution < -0.4 is 16.2 Å². The molecule has 0 amide bonds. The molecule has 112 valence electrons. The van der Waals surface area contributed by atoms with E-state index in [-0.39, 0.29) is 5.41 Å². The van der Waals surface area contributed by atoms with Gasteiger partial charge in [0.2, 0.25) is 0 Å². The highest BCUT2D eigenvalue weighted by Crippen LogP contribution is 2.28. The number of piperazine rings is 1. The predicted octanol–water partition coefficient (Wildman–Crippen LogP) is 1.12. The van der Waals surface area contributed by atoms with Crippen LogP contribution in [-0.2, 0) is 5.41 Å². The zero-order valence-electron chi connectivity index (χ0n) is 13.2. The van der Waals surface area contributed by atoms with E-state index in [1.165, 1.54) is 0 Å². The Labute approximate surface area is 121 Å². The zero-order valence-corrected chi connectivity index (χ0v) is 13.2. The number of nitrogens with zero attached hydrogens (tertiary/aromatic N) is 4. The Balaban J connectivity index is 2.40. The van der Waals surface area contributed by atoms with Crippen LogP contribution >= 0.6 is 0 Å². The Bertz CT molecular complexity index is 471. The number of nitrogen functional groups attached to an aromatic ring is 1. The van der Waals surface area contributed by atoms with E-state index in [1.807, 2.05) is 6.92 Å². The van der Waals surface area contributed by atoms with Gasteiger partial charge in [-0.1, -0.05) is 20.8 Å². The van der Waals surface area contributed by atoms with Crippen molar-refractivity contribution >= 4 is 11.6 Å². The van der Waals surface area contributed by atoms with Crippen molar-refractivity contribution in [2.45, 2.75) is 33.1 Å². The average molecular weight is 278 g/mol. The first kappa shape index (κ1) is 15.0.